The second-order valence-electron chi connectivity index (χ2n) is 8.13. The van der Waals surface area contributed by atoms with Gasteiger partial charge >= 0.3 is 0 Å². The highest BCUT2D eigenvalue weighted by Crippen LogP contribution is 2.13. The number of hydrogen-bond donors (Lipinski definition) is 0. The summed E-state index contributed by atoms with van der Waals surface area (Å²) in [6.45, 7) is 6.58. The van der Waals surface area contributed by atoms with Crippen LogP contribution in [0, 0.1) is 0 Å². The molecule has 4 heteroatoms. The second-order valence-corrected chi connectivity index (χ2v) is 8.13. The molecule has 0 aromatic rings. The molecule has 1 aliphatic heterocycles. The zero-order valence-corrected chi connectivity index (χ0v) is 18.8. The van der Waals surface area contributed by atoms with Gasteiger partial charge in [0.2, 0.25) is 0 Å². The summed E-state index contributed by atoms with van der Waals surface area (Å²) < 4.78 is 22.3. The Bertz CT molecular complexity index is 292. The zero-order chi connectivity index (χ0) is 20.0. The van der Waals surface area contributed by atoms with Crippen molar-refractivity contribution in [2.75, 3.05) is 39.6 Å². The molecule has 1 unspecified atom stereocenters. The fraction of sp³-hybridized carbons (Fsp3) is 1.00. The van der Waals surface area contributed by atoms with Crippen molar-refractivity contribution in [2.24, 2.45) is 0 Å². The van der Waals surface area contributed by atoms with Crippen molar-refractivity contribution in [1.29, 1.82) is 0 Å². The lowest BCUT2D eigenvalue weighted by molar-refractivity contribution is -0.169. The lowest BCUT2D eigenvalue weighted by Gasteiger charge is -2.22. The summed E-state index contributed by atoms with van der Waals surface area (Å²) in [6, 6.07) is 0. The molecule has 0 bridgehead atoms. The molecule has 1 rings (SSSR count). The molecule has 1 fully saturated rings. The Hall–Kier alpha value is -0.160. The molecular formula is C24H48O4. The molecule has 0 spiro atoms. The summed E-state index contributed by atoms with van der Waals surface area (Å²) in [5.41, 5.74) is 0. The molecule has 0 aromatic heterocycles. The average molecular weight is 401 g/mol. The van der Waals surface area contributed by atoms with Gasteiger partial charge in [-0.05, 0) is 25.7 Å². The molecule has 0 aliphatic carbocycles. The fourth-order valence-corrected chi connectivity index (χ4v) is 3.62. The minimum absolute atomic E-state index is 0.0100. The number of hydrogen-bond acceptors (Lipinski definition) is 4. The van der Waals surface area contributed by atoms with Gasteiger partial charge in [-0.25, -0.2) is 0 Å². The lowest BCUT2D eigenvalue weighted by atomic mass is 10.0. The van der Waals surface area contributed by atoms with E-state index in [9.17, 15) is 0 Å². The molecule has 1 heterocycles. The van der Waals surface area contributed by atoms with Crippen molar-refractivity contribution in [3.63, 3.8) is 0 Å². The van der Waals surface area contributed by atoms with Crippen molar-refractivity contribution in [1.82, 2.24) is 0 Å². The highest BCUT2D eigenvalue weighted by Gasteiger charge is 2.13. The van der Waals surface area contributed by atoms with E-state index in [-0.39, 0.29) is 6.29 Å². The molecule has 0 N–H and O–H groups in total. The van der Waals surface area contributed by atoms with Gasteiger partial charge < -0.3 is 18.9 Å². The summed E-state index contributed by atoms with van der Waals surface area (Å²) in [6.07, 6.45) is 21.4. The first-order valence-corrected chi connectivity index (χ1v) is 12.3. The van der Waals surface area contributed by atoms with Crippen LogP contribution in [0.15, 0.2) is 0 Å². The van der Waals surface area contributed by atoms with Crippen LogP contribution in [0.2, 0.25) is 0 Å². The normalized spacial score (nSPS) is 17.2. The maximum Gasteiger partial charge on any atom is 0.157 e. The Balaban J connectivity index is 1.64. The lowest BCUT2D eigenvalue weighted by Crippen LogP contribution is -2.24. The predicted octanol–water partition coefficient (Wildman–Crippen LogP) is 6.65. The standard InChI is InChI=1S/C24H48O4/c1-2-3-4-5-6-7-8-9-10-11-12-13-15-18-25-20-21-26-22-23-28-24-17-14-16-19-27-24/h24H,2-23H2,1H3. The molecule has 4 nitrogen and oxygen atoms in total. The molecule has 28 heavy (non-hydrogen) atoms. The van der Waals surface area contributed by atoms with Gasteiger partial charge in [0.1, 0.15) is 0 Å². The van der Waals surface area contributed by atoms with Gasteiger partial charge in [0.15, 0.2) is 6.29 Å². The van der Waals surface area contributed by atoms with E-state index in [1.54, 1.807) is 0 Å². The van der Waals surface area contributed by atoms with Crippen LogP contribution in [-0.2, 0) is 18.9 Å². The number of rotatable bonds is 21. The minimum atomic E-state index is -0.0100. The van der Waals surface area contributed by atoms with Crippen LogP contribution in [0.3, 0.4) is 0 Å². The Kier molecular flexibility index (Phi) is 19.9. The second kappa shape index (κ2) is 21.5. The third-order valence-corrected chi connectivity index (χ3v) is 5.43. The summed E-state index contributed by atoms with van der Waals surface area (Å²) in [5.74, 6) is 0. The Morgan fingerprint density at radius 1 is 0.607 bits per heavy atom. The third kappa shape index (κ3) is 17.9. The fourth-order valence-electron chi connectivity index (χ4n) is 3.62. The highest BCUT2D eigenvalue weighted by molar-refractivity contribution is 4.53. The Labute approximate surface area is 175 Å². The van der Waals surface area contributed by atoms with Gasteiger partial charge in [0, 0.05) is 13.2 Å². The molecule has 1 saturated heterocycles. The summed E-state index contributed by atoms with van der Waals surface area (Å²) in [7, 11) is 0. The summed E-state index contributed by atoms with van der Waals surface area (Å²) in [5, 5.41) is 0. The largest absolute Gasteiger partial charge is 0.379 e. The van der Waals surface area contributed by atoms with Crippen LogP contribution in [0.1, 0.15) is 110 Å². The minimum Gasteiger partial charge on any atom is -0.379 e. The van der Waals surface area contributed by atoms with Gasteiger partial charge in [-0.3, -0.25) is 0 Å². The van der Waals surface area contributed by atoms with Gasteiger partial charge in [-0.1, -0.05) is 84.0 Å². The maximum atomic E-state index is 5.64. The monoisotopic (exact) mass is 400 g/mol. The van der Waals surface area contributed by atoms with E-state index >= 15 is 0 Å². The van der Waals surface area contributed by atoms with E-state index in [4.69, 9.17) is 18.9 Å². The molecule has 0 radical (unpaired) electrons. The van der Waals surface area contributed by atoms with Gasteiger partial charge in [-0.15, -0.1) is 0 Å². The Morgan fingerprint density at radius 2 is 1.14 bits per heavy atom. The molecule has 168 valence electrons. The Morgan fingerprint density at radius 3 is 1.71 bits per heavy atom. The van der Waals surface area contributed by atoms with Crippen LogP contribution in [0.25, 0.3) is 0 Å². The predicted molar refractivity (Wildman–Crippen MR) is 117 cm³/mol. The SMILES string of the molecule is CCCCCCCCCCCCCCCOCCOCCOC1CCCCO1. The van der Waals surface area contributed by atoms with E-state index in [0.717, 1.165) is 26.1 Å². The molecule has 1 atom stereocenters. The van der Waals surface area contributed by atoms with E-state index in [1.165, 1.54) is 89.9 Å². The van der Waals surface area contributed by atoms with Gasteiger partial charge in [0.25, 0.3) is 0 Å². The van der Waals surface area contributed by atoms with Crippen molar-refractivity contribution in [2.45, 2.75) is 116 Å². The van der Waals surface area contributed by atoms with Gasteiger partial charge in [0.05, 0.1) is 26.4 Å². The van der Waals surface area contributed by atoms with E-state index in [2.05, 4.69) is 6.92 Å². The number of ether oxygens (including phenoxy) is 4. The third-order valence-electron chi connectivity index (χ3n) is 5.43. The highest BCUT2D eigenvalue weighted by atomic mass is 16.7. The first-order chi connectivity index (χ1) is 13.9. The maximum absolute atomic E-state index is 5.64. The van der Waals surface area contributed by atoms with E-state index in [1.807, 2.05) is 0 Å². The van der Waals surface area contributed by atoms with Crippen molar-refractivity contribution < 1.29 is 18.9 Å². The van der Waals surface area contributed by atoms with Crippen molar-refractivity contribution in [3.8, 4) is 0 Å². The van der Waals surface area contributed by atoms with E-state index in [0.29, 0.717) is 26.4 Å². The van der Waals surface area contributed by atoms with Crippen LogP contribution in [0.5, 0.6) is 0 Å². The first kappa shape index (κ1) is 25.9. The van der Waals surface area contributed by atoms with Crippen LogP contribution < -0.4 is 0 Å². The molecule has 1 aliphatic rings. The van der Waals surface area contributed by atoms with Crippen LogP contribution in [0.4, 0.5) is 0 Å². The van der Waals surface area contributed by atoms with Gasteiger partial charge in [-0.2, -0.15) is 0 Å². The summed E-state index contributed by atoms with van der Waals surface area (Å²) >= 11 is 0. The van der Waals surface area contributed by atoms with Crippen LogP contribution in [-0.4, -0.2) is 45.9 Å². The van der Waals surface area contributed by atoms with E-state index < -0.39 is 0 Å². The van der Waals surface area contributed by atoms with Crippen molar-refractivity contribution >= 4 is 0 Å². The topological polar surface area (TPSA) is 36.9 Å². The molecule has 0 saturated carbocycles. The van der Waals surface area contributed by atoms with Crippen molar-refractivity contribution in [3.05, 3.63) is 0 Å². The number of unbranched alkanes of at least 4 members (excludes halogenated alkanes) is 12. The first-order valence-electron chi connectivity index (χ1n) is 12.3. The molecular weight excluding hydrogens is 352 g/mol. The summed E-state index contributed by atoms with van der Waals surface area (Å²) in [4.78, 5) is 0. The quantitative estimate of drug-likeness (QED) is 0.202. The molecule has 0 aromatic carbocycles. The smallest absolute Gasteiger partial charge is 0.157 e. The zero-order valence-electron chi connectivity index (χ0n) is 18.8. The van der Waals surface area contributed by atoms with Crippen LogP contribution >= 0.6 is 0 Å². The average Bonchev–Trinajstić information content (AvgIpc) is 2.73. The molecule has 0 amide bonds.